The molecule has 0 saturated carbocycles. The molecule has 0 aliphatic carbocycles. The summed E-state index contributed by atoms with van der Waals surface area (Å²) in [5.41, 5.74) is 2.66. The highest BCUT2D eigenvalue weighted by atomic mass is 16.2. The van der Waals surface area contributed by atoms with Crippen LogP contribution in [0.25, 0.3) is 0 Å². The van der Waals surface area contributed by atoms with Crippen LogP contribution in [0.15, 0.2) is 17.5 Å². The Morgan fingerprint density at radius 3 is 3.06 bits per heavy atom. The number of rotatable bonds is 5. The molecule has 8 heteroatoms. The van der Waals surface area contributed by atoms with Crippen LogP contribution < -0.4 is 10.7 Å². The third kappa shape index (κ3) is 3.37. The van der Waals surface area contributed by atoms with Gasteiger partial charge in [0.1, 0.15) is 5.71 Å². The molecule has 0 aromatic carbocycles. The predicted octanol–water partition coefficient (Wildman–Crippen LogP) is -0.950. The normalized spacial score (nSPS) is 14.9. The maximum atomic E-state index is 11.6. The van der Waals surface area contributed by atoms with Crippen molar-refractivity contribution in [2.75, 3.05) is 6.54 Å². The molecule has 0 spiro atoms. The molecular formula is C10H14N6O2. The highest BCUT2D eigenvalue weighted by molar-refractivity contribution is 6.39. The van der Waals surface area contributed by atoms with Crippen LogP contribution in [0.2, 0.25) is 0 Å². The van der Waals surface area contributed by atoms with Gasteiger partial charge < -0.3 is 5.32 Å². The molecule has 0 fully saturated rings. The lowest BCUT2D eigenvalue weighted by Crippen LogP contribution is -2.37. The van der Waals surface area contributed by atoms with Gasteiger partial charge in [0.2, 0.25) is 5.91 Å². The Bertz CT molecular complexity index is 453. The number of nitrogens with one attached hydrogen (secondary N) is 2. The van der Waals surface area contributed by atoms with Crippen molar-refractivity contribution in [1.82, 2.24) is 25.7 Å². The summed E-state index contributed by atoms with van der Waals surface area (Å²) in [5.74, 6) is -0.383. The third-order valence-electron chi connectivity index (χ3n) is 2.49. The van der Waals surface area contributed by atoms with Gasteiger partial charge in [0.25, 0.3) is 5.91 Å². The Morgan fingerprint density at radius 1 is 1.50 bits per heavy atom. The van der Waals surface area contributed by atoms with E-state index in [1.165, 1.54) is 0 Å². The Labute approximate surface area is 103 Å². The van der Waals surface area contributed by atoms with Crippen molar-refractivity contribution in [3.63, 3.8) is 0 Å². The fourth-order valence-electron chi connectivity index (χ4n) is 1.53. The van der Waals surface area contributed by atoms with Crippen LogP contribution in [0, 0.1) is 0 Å². The molecule has 8 nitrogen and oxygen atoms in total. The molecule has 1 aliphatic heterocycles. The molecule has 0 atom stereocenters. The van der Waals surface area contributed by atoms with Gasteiger partial charge in [-0.1, -0.05) is 5.21 Å². The number of nitrogens with zero attached hydrogens (tertiary/aromatic N) is 4. The number of aromatic nitrogens is 3. The van der Waals surface area contributed by atoms with E-state index in [0.29, 0.717) is 31.6 Å². The van der Waals surface area contributed by atoms with E-state index in [1.807, 2.05) is 0 Å². The van der Waals surface area contributed by atoms with Crippen molar-refractivity contribution in [2.45, 2.75) is 25.8 Å². The van der Waals surface area contributed by atoms with Gasteiger partial charge in [-0.25, -0.2) is 5.43 Å². The summed E-state index contributed by atoms with van der Waals surface area (Å²) < 4.78 is 1.70. The Hall–Kier alpha value is -2.25. The molecule has 2 rings (SSSR count). The number of carbonyl (C=O) groups is 2. The fourth-order valence-corrected chi connectivity index (χ4v) is 1.53. The molecule has 2 N–H and O–H groups in total. The van der Waals surface area contributed by atoms with Crippen molar-refractivity contribution < 1.29 is 9.59 Å². The largest absolute Gasteiger partial charge is 0.351 e. The maximum Gasteiger partial charge on any atom is 0.267 e. The molecule has 1 aliphatic rings. The zero-order valence-electron chi connectivity index (χ0n) is 9.80. The van der Waals surface area contributed by atoms with Crippen LogP contribution in [-0.2, 0) is 16.1 Å². The average molecular weight is 250 g/mol. The number of carbonyl (C=O) groups excluding carboxylic acids is 2. The van der Waals surface area contributed by atoms with E-state index < -0.39 is 0 Å². The molecule has 1 aromatic rings. The SMILES string of the molecule is O=C1CCC(C(=O)NCCCn2ccnn2)=NN1. The molecule has 96 valence electrons. The van der Waals surface area contributed by atoms with Gasteiger partial charge >= 0.3 is 0 Å². The monoisotopic (exact) mass is 250 g/mol. The molecule has 0 unspecified atom stereocenters. The van der Waals surface area contributed by atoms with Gasteiger partial charge in [-0.2, -0.15) is 5.10 Å². The Balaban J connectivity index is 1.67. The number of hydrazone groups is 1. The minimum atomic E-state index is -0.228. The van der Waals surface area contributed by atoms with Crippen LogP contribution in [0.5, 0.6) is 0 Å². The van der Waals surface area contributed by atoms with E-state index in [0.717, 1.165) is 6.42 Å². The number of hydrogen-bond donors (Lipinski definition) is 2. The lowest BCUT2D eigenvalue weighted by Gasteiger charge is -2.11. The van der Waals surface area contributed by atoms with E-state index in [1.54, 1.807) is 17.1 Å². The van der Waals surface area contributed by atoms with Gasteiger partial charge in [0, 0.05) is 32.1 Å². The molecule has 1 aromatic heterocycles. The number of amides is 2. The highest BCUT2D eigenvalue weighted by Crippen LogP contribution is 1.99. The van der Waals surface area contributed by atoms with Gasteiger partial charge in [-0.15, -0.1) is 5.10 Å². The zero-order chi connectivity index (χ0) is 12.8. The summed E-state index contributed by atoms with van der Waals surface area (Å²) in [6.45, 7) is 1.23. The van der Waals surface area contributed by atoms with E-state index in [2.05, 4.69) is 26.2 Å². The smallest absolute Gasteiger partial charge is 0.267 e. The molecule has 0 saturated heterocycles. The minimum absolute atomic E-state index is 0.155. The quantitative estimate of drug-likeness (QED) is 0.658. The molecule has 2 heterocycles. The summed E-state index contributed by atoms with van der Waals surface area (Å²) in [7, 11) is 0. The zero-order valence-corrected chi connectivity index (χ0v) is 9.80. The second-order valence-corrected chi connectivity index (χ2v) is 3.87. The Kier molecular flexibility index (Phi) is 4.00. The van der Waals surface area contributed by atoms with Crippen LogP contribution in [0.3, 0.4) is 0 Å². The molecule has 2 amide bonds. The minimum Gasteiger partial charge on any atom is -0.351 e. The topological polar surface area (TPSA) is 101 Å². The fraction of sp³-hybridized carbons (Fsp3) is 0.500. The standard InChI is InChI=1S/C10H14N6O2/c17-9-3-2-8(13-14-9)10(18)11-4-1-6-16-7-5-12-15-16/h5,7H,1-4,6H2,(H,11,18)(H,14,17). The van der Waals surface area contributed by atoms with Crippen molar-refractivity contribution >= 4 is 17.5 Å². The Morgan fingerprint density at radius 2 is 2.39 bits per heavy atom. The summed E-state index contributed by atoms with van der Waals surface area (Å²) >= 11 is 0. The van der Waals surface area contributed by atoms with E-state index in [9.17, 15) is 9.59 Å². The first-order chi connectivity index (χ1) is 8.75. The van der Waals surface area contributed by atoms with Gasteiger partial charge in [-0.05, 0) is 6.42 Å². The van der Waals surface area contributed by atoms with Crippen molar-refractivity contribution in [2.24, 2.45) is 5.10 Å². The second-order valence-electron chi connectivity index (χ2n) is 3.87. The first-order valence-electron chi connectivity index (χ1n) is 5.73. The summed E-state index contributed by atoms with van der Waals surface area (Å²) in [5, 5.41) is 14.0. The first kappa shape index (κ1) is 12.2. The number of hydrogen-bond acceptors (Lipinski definition) is 5. The predicted molar refractivity (Wildman–Crippen MR) is 62.5 cm³/mol. The van der Waals surface area contributed by atoms with Gasteiger partial charge in [0.15, 0.2) is 0 Å². The van der Waals surface area contributed by atoms with Crippen LogP contribution in [0.4, 0.5) is 0 Å². The molecule has 0 radical (unpaired) electrons. The number of aryl methyl sites for hydroxylation is 1. The average Bonchev–Trinajstić information content (AvgIpc) is 2.88. The summed E-state index contributed by atoms with van der Waals surface area (Å²) in [6.07, 6.45) is 4.83. The van der Waals surface area contributed by atoms with Crippen molar-refractivity contribution in [3.05, 3.63) is 12.4 Å². The molecule has 18 heavy (non-hydrogen) atoms. The van der Waals surface area contributed by atoms with Crippen LogP contribution in [-0.4, -0.2) is 39.1 Å². The lowest BCUT2D eigenvalue weighted by atomic mass is 10.1. The van der Waals surface area contributed by atoms with Crippen molar-refractivity contribution in [1.29, 1.82) is 0 Å². The molecule has 0 bridgehead atoms. The maximum absolute atomic E-state index is 11.6. The molecular weight excluding hydrogens is 236 g/mol. The van der Waals surface area contributed by atoms with Crippen LogP contribution >= 0.6 is 0 Å². The van der Waals surface area contributed by atoms with Gasteiger partial charge in [0.05, 0.1) is 6.20 Å². The van der Waals surface area contributed by atoms with E-state index in [4.69, 9.17) is 0 Å². The van der Waals surface area contributed by atoms with E-state index in [-0.39, 0.29) is 11.8 Å². The second kappa shape index (κ2) is 5.89. The van der Waals surface area contributed by atoms with E-state index >= 15 is 0 Å². The summed E-state index contributed by atoms with van der Waals surface area (Å²) in [4.78, 5) is 22.5. The lowest BCUT2D eigenvalue weighted by molar-refractivity contribution is -0.121. The third-order valence-corrected chi connectivity index (χ3v) is 2.49. The summed E-state index contributed by atoms with van der Waals surface area (Å²) in [6, 6.07) is 0. The van der Waals surface area contributed by atoms with Crippen molar-refractivity contribution in [3.8, 4) is 0 Å². The van der Waals surface area contributed by atoms with Gasteiger partial charge in [-0.3, -0.25) is 14.3 Å². The van der Waals surface area contributed by atoms with Crippen LogP contribution in [0.1, 0.15) is 19.3 Å². The first-order valence-corrected chi connectivity index (χ1v) is 5.73. The highest BCUT2D eigenvalue weighted by Gasteiger charge is 2.17.